The average molecular weight is 288 g/mol. The quantitative estimate of drug-likeness (QED) is 0.835. The number of hydrogen-bond acceptors (Lipinski definition) is 5. The number of ether oxygens (including phenoxy) is 1. The van der Waals surface area contributed by atoms with Gasteiger partial charge < -0.3 is 15.9 Å². The third-order valence-electron chi connectivity index (χ3n) is 3.32. The molecule has 2 heterocycles. The van der Waals surface area contributed by atoms with E-state index < -0.39 is 0 Å². The number of hydrazine groups is 1. The van der Waals surface area contributed by atoms with Gasteiger partial charge in [-0.3, -0.25) is 4.98 Å². The molecule has 0 radical (unpaired) electrons. The van der Waals surface area contributed by atoms with Crippen LogP contribution in [0.2, 0.25) is 0 Å². The molecule has 0 aliphatic carbocycles. The van der Waals surface area contributed by atoms with Crippen molar-refractivity contribution in [2.75, 3.05) is 31.7 Å². The molecule has 104 valence electrons. The standard InChI is InChI=1S/C14H16N4OS/c15-14(20)11-9-16-12-4-2-1-3-10(12)13(11)17-18-5-7-19-8-6-18/h1-4,9H,5-8H2,(H2,15,20)(H,16,17). The zero-order valence-electron chi connectivity index (χ0n) is 11.0. The zero-order chi connectivity index (χ0) is 13.9. The number of morpholine rings is 1. The molecule has 5 nitrogen and oxygen atoms in total. The highest BCUT2D eigenvalue weighted by atomic mass is 32.1. The monoisotopic (exact) mass is 288 g/mol. The van der Waals surface area contributed by atoms with Gasteiger partial charge in [-0.05, 0) is 6.07 Å². The number of thiocarbonyl (C=S) groups is 1. The van der Waals surface area contributed by atoms with Crippen LogP contribution in [0.4, 0.5) is 5.69 Å². The minimum atomic E-state index is 0.346. The van der Waals surface area contributed by atoms with Crippen LogP contribution in [0.25, 0.3) is 10.9 Å². The first-order chi connectivity index (χ1) is 9.75. The van der Waals surface area contributed by atoms with E-state index in [1.54, 1.807) is 6.20 Å². The SMILES string of the molecule is NC(=S)c1cnc2ccccc2c1NN1CCOCC1. The van der Waals surface area contributed by atoms with Crippen molar-refractivity contribution < 1.29 is 4.74 Å². The topological polar surface area (TPSA) is 63.4 Å². The second-order valence-corrected chi connectivity index (χ2v) is 5.08. The normalized spacial score (nSPS) is 16.2. The molecule has 1 fully saturated rings. The number of aromatic nitrogens is 1. The van der Waals surface area contributed by atoms with Gasteiger partial charge in [0.05, 0.1) is 30.0 Å². The Morgan fingerprint density at radius 1 is 1.30 bits per heavy atom. The molecule has 1 aliphatic rings. The molecule has 1 aromatic carbocycles. The molecule has 3 rings (SSSR count). The summed E-state index contributed by atoms with van der Waals surface area (Å²) < 4.78 is 5.36. The van der Waals surface area contributed by atoms with Gasteiger partial charge in [-0.2, -0.15) is 0 Å². The third kappa shape index (κ3) is 2.58. The molecule has 0 bridgehead atoms. The van der Waals surface area contributed by atoms with Crippen molar-refractivity contribution in [2.45, 2.75) is 0 Å². The Hall–Kier alpha value is -1.76. The zero-order valence-corrected chi connectivity index (χ0v) is 11.8. The Morgan fingerprint density at radius 3 is 2.80 bits per heavy atom. The minimum Gasteiger partial charge on any atom is -0.389 e. The van der Waals surface area contributed by atoms with Crippen LogP contribution < -0.4 is 11.2 Å². The van der Waals surface area contributed by atoms with Gasteiger partial charge in [-0.25, -0.2) is 5.01 Å². The van der Waals surface area contributed by atoms with Crippen LogP contribution in [-0.2, 0) is 4.74 Å². The van der Waals surface area contributed by atoms with Crippen molar-refractivity contribution in [3.63, 3.8) is 0 Å². The molecule has 0 amide bonds. The van der Waals surface area contributed by atoms with Crippen LogP contribution in [0.1, 0.15) is 5.56 Å². The number of benzene rings is 1. The summed E-state index contributed by atoms with van der Waals surface area (Å²) in [6.07, 6.45) is 1.73. The third-order valence-corrected chi connectivity index (χ3v) is 3.54. The number of nitrogens with two attached hydrogens (primary N) is 1. The molecule has 3 N–H and O–H groups in total. The summed E-state index contributed by atoms with van der Waals surface area (Å²) in [6, 6.07) is 7.95. The lowest BCUT2D eigenvalue weighted by molar-refractivity contribution is 0.0497. The van der Waals surface area contributed by atoms with Crippen LogP contribution in [0, 0.1) is 0 Å². The molecule has 2 aromatic rings. The summed E-state index contributed by atoms with van der Waals surface area (Å²) in [6.45, 7) is 3.09. The van der Waals surface area contributed by atoms with E-state index in [-0.39, 0.29) is 0 Å². The molecular formula is C14H16N4OS. The lowest BCUT2D eigenvalue weighted by atomic mass is 10.1. The smallest absolute Gasteiger partial charge is 0.107 e. The first-order valence-corrected chi connectivity index (χ1v) is 6.93. The highest BCUT2D eigenvalue weighted by molar-refractivity contribution is 7.80. The van der Waals surface area contributed by atoms with Crippen LogP contribution in [0.3, 0.4) is 0 Å². The van der Waals surface area contributed by atoms with E-state index in [4.69, 9.17) is 22.7 Å². The summed E-state index contributed by atoms with van der Waals surface area (Å²) in [4.78, 5) is 4.75. The van der Waals surface area contributed by atoms with E-state index in [2.05, 4.69) is 15.4 Å². The largest absolute Gasteiger partial charge is 0.389 e. The lowest BCUT2D eigenvalue weighted by Crippen LogP contribution is -2.40. The minimum absolute atomic E-state index is 0.346. The molecule has 0 unspecified atom stereocenters. The van der Waals surface area contributed by atoms with Crippen LogP contribution in [0.15, 0.2) is 30.5 Å². The van der Waals surface area contributed by atoms with E-state index in [0.717, 1.165) is 48.5 Å². The molecule has 0 atom stereocenters. The fraction of sp³-hybridized carbons (Fsp3) is 0.286. The number of rotatable bonds is 3. The lowest BCUT2D eigenvalue weighted by Gasteiger charge is -2.29. The Balaban J connectivity index is 2.04. The van der Waals surface area contributed by atoms with Gasteiger partial charge in [0.2, 0.25) is 0 Å². The van der Waals surface area contributed by atoms with Crippen LogP contribution >= 0.6 is 12.2 Å². The number of pyridine rings is 1. The van der Waals surface area contributed by atoms with Gasteiger partial charge in [0.1, 0.15) is 4.99 Å². The van der Waals surface area contributed by atoms with Gasteiger partial charge in [-0.15, -0.1) is 0 Å². The summed E-state index contributed by atoms with van der Waals surface area (Å²) in [7, 11) is 0. The Kier molecular flexibility index (Phi) is 3.77. The predicted octanol–water partition coefficient (Wildman–Crippen LogP) is 1.53. The first-order valence-electron chi connectivity index (χ1n) is 6.52. The van der Waals surface area contributed by atoms with Crippen molar-refractivity contribution in [1.29, 1.82) is 0 Å². The van der Waals surface area contributed by atoms with E-state index in [1.807, 2.05) is 24.3 Å². The second kappa shape index (κ2) is 5.70. The summed E-state index contributed by atoms with van der Waals surface area (Å²) in [5.41, 5.74) is 11.8. The van der Waals surface area contributed by atoms with Gasteiger partial charge >= 0.3 is 0 Å². The van der Waals surface area contributed by atoms with Crippen molar-refractivity contribution >= 4 is 33.8 Å². The summed E-state index contributed by atoms with van der Waals surface area (Å²) in [5, 5.41) is 3.14. The van der Waals surface area contributed by atoms with E-state index in [1.165, 1.54) is 0 Å². The average Bonchev–Trinajstić information content (AvgIpc) is 2.48. The number of fused-ring (bicyclic) bond motifs is 1. The number of hydrogen-bond donors (Lipinski definition) is 2. The predicted molar refractivity (Wildman–Crippen MR) is 83.6 cm³/mol. The van der Waals surface area contributed by atoms with E-state index in [9.17, 15) is 0 Å². The highest BCUT2D eigenvalue weighted by Crippen LogP contribution is 2.26. The van der Waals surface area contributed by atoms with Gasteiger partial charge in [0, 0.05) is 24.7 Å². The number of anilines is 1. The van der Waals surface area contributed by atoms with Gasteiger partial charge in [0.25, 0.3) is 0 Å². The Bertz CT molecular complexity index is 640. The molecule has 1 aliphatic heterocycles. The highest BCUT2D eigenvalue weighted by Gasteiger charge is 2.15. The van der Waals surface area contributed by atoms with Crippen molar-refractivity contribution in [2.24, 2.45) is 5.73 Å². The van der Waals surface area contributed by atoms with E-state index >= 15 is 0 Å². The molecule has 6 heteroatoms. The molecular weight excluding hydrogens is 272 g/mol. The number of para-hydroxylation sites is 1. The number of nitrogens with zero attached hydrogens (tertiary/aromatic N) is 2. The van der Waals surface area contributed by atoms with Gasteiger partial charge in [-0.1, -0.05) is 30.4 Å². The van der Waals surface area contributed by atoms with Crippen molar-refractivity contribution in [3.8, 4) is 0 Å². The second-order valence-electron chi connectivity index (χ2n) is 4.64. The maximum atomic E-state index is 5.82. The van der Waals surface area contributed by atoms with E-state index in [0.29, 0.717) is 4.99 Å². The fourth-order valence-corrected chi connectivity index (χ4v) is 2.44. The van der Waals surface area contributed by atoms with Crippen LogP contribution in [0.5, 0.6) is 0 Å². The first kappa shape index (κ1) is 13.2. The van der Waals surface area contributed by atoms with Gasteiger partial charge in [0.15, 0.2) is 0 Å². The molecule has 1 aromatic heterocycles. The van der Waals surface area contributed by atoms with Crippen molar-refractivity contribution in [1.82, 2.24) is 9.99 Å². The molecule has 20 heavy (non-hydrogen) atoms. The van der Waals surface area contributed by atoms with Crippen LogP contribution in [-0.4, -0.2) is 41.3 Å². The summed E-state index contributed by atoms with van der Waals surface area (Å²) in [5.74, 6) is 0. The summed E-state index contributed by atoms with van der Waals surface area (Å²) >= 11 is 5.13. The fourth-order valence-electron chi connectivity index (χ4n) is 2.28. The molecule has 0 saturated carbocycles. The maximum absolute atomic E-state index is 5.82. The molecule has 1 saturated heterocycles. The Morgan fingerprint density at radius 2 is 2.05 bits per heavy atom. The maximum Gasteiger partial charge on any atom is 0.107 e. The number of nitrogens with one attached hydrogen (secondary N) is 1. The Labute approximate surface area is 122 Å². The van der Waals surface area contributed by atoms with Crippen molar-refractivity contribution in [3.05, 3.63) is 36.0 Å². The molecule has 0 spiro atoms.